The van der Waals surface area contributed by atoms with Crippen LogP contribution in [0.3, 0.4) is 0 Å². The van der Waals surface area contributed by atoms with E-state index in [1.807, 2.05) is 0 Å². The lowest BCUT2D eigenvalue weighted by molar-refractivity contribution is -0.501. The minimum absolute atomic E-state index is 0.0234. The first-order chi connectivity index (χ1) is 13.1. The smallest absolute Gasteiger partial charge is 0.411 e. The van der Waals surface area contributed by atoms with Gasteiger partial charge in [-0.05, 0) is 54.9 Å². The van der Waals surface area contributed by atoms with Gasteiger partial charge in [-0.1, -0.05) is 0 Å². The highest BCUT2D eigenvalue weighted by Gasteiger charge is 2.55. The molecule has 2 fully saturated rings. The monoisotopic (exact) mass is 416 g/mol. The summed E-state index contributed by atoms with van der Waals surface area (Å²) in [7, 11) is 0. The fraction of sp³-hybridized carbons (Fsp3) is 0.895. The van der Waals surface area contributed by atoms with E-state index >= 15 is 0 Å². The molecule has 0 spiro atoms. The van der Waals surface area contributed by atoms with Gasteiger partial charge in [0.05, 0.1) is 5.41 Å². The van der Waals surface area contributed by atoms with Gasteiger partial charge >= 0.3 is 12.1 Å². The molecular weight excluding hydrogens is 384 g/mol. The number of likely N-dealkylation sites (tertiary alicyclic amines) is 1. The summed E-state index contributed by atoms with van der Waals surface area (Å²) in [4.78, 5) is 37.8. The van der Waals surface area contributed by atoms with Crippen LogP contribution in [-0.2, 0) is 23.7 Å². The van der Waals surface area contributed by atoms with Crippen molar-refractivity contribution >= 4 is 12.1 Å². The van der Waals surface area contributed by atoms with Crippen molar-refractivity contribution in [1.82, 2.24) is 4.90 Å². The van der Waals surface area contributed by atoms with Crippen molar-refractivity contribution in [2.45, 2.75) is 91.1 Å². The zero-order valence-corrected chi connectivity index (χ0v) is 18.2. The fourth-order valence-corrected chi connectivity index (χ4v) is 3.64. The second-order valence-electron chi connectivity index (χ2n) is 9.83. The van der Waals surface area contributed by atoms with Gasteiger partial charge in [-0.25, -0.2) is 9.59 Å². The second kappa shape index (κ2) is 8.06. The summed E-state index contributed by atoms with van der Waals surface area (Å²) in [5, 5.41) is 11.4. The van der Waals surface area contributed by atoms with Gasteiger partial charge < -0.3 is 18.9 Å². The van der Waals surface area contributed by atoms with Crippen LogP contribution in [0.1, 0.15) is 61.3 Å². The van der Waals surface area contributed by atoms with Gasteiger partial charge in [-0.3, -0.25) is 15.0 Å². The first-order valence-corrected chi connectivity index (χ1v) is 9.74. The first kappa shape index (κ1) is 23.3. The van der Waals surface area contributed by atoms with Gasteiger partial charge in [-0.2, -0.15) is 0 Å². The molecule has 1 unspecified atom stereocenters. The van der Waals surface area contributed by atoms with Crippen LogP contribution in [0.5, 0.6) is 0 Å². The Morgan fingerprint density at radius 2 is 1.69 bits per heavy atom. The molecule has 10 heteroatoms. The van der Waals surface area contributed by atoms with Gasteiger partial charge in [0, 0.05) is 17.9 Å². The molecular formula is C19H32N2O8. The Morgan fingerprint density at radius 1 is 1.14 bits per heavy atom. The lowest BCUT2D eigenvalue weighted by atomic mass is 9.81. The van der Waals surface area contributed by atoms with E-state index in [1.165, 1.54) is 4.90 Å². The number of nitrogens with zero attached hydrogens (tertiary/aromatic N) is 2. The number of hydrogen-bond donors (Lipinski definition) is 0. The van der Waals surface area contributed by atoms with E-state index in [-0.39, 0.29) is 25.7 Å². The number of hydrogen-bond acceptors (Lipinski definition) is 8. The maximum absolute atomic E-state index is 12.8. The summed E-state index contributed by atoms with van der Waals surface area (Å²) < 4.78 is 21.8. The van der Waals surface area contributed by atoms with E-state index in [4.69, 9.17) is 18.9 Å². The van der Waals surface area contributed by atoms with Crippen molar-refractivity contribution in [1.29, 1.82) is 0 Å². The lowest BCUT2D eigenvalue weighted by Gasteiger charge is -2.38. The highest BCUT2D eigenvalue weighted by molar-refractivity contribution is 5.82. The molecule has 0 bridgehead atoms. The van der Waals surface area contributed by atoms with Gasteiger partial charge in [0.2, 0.25) is 6.54 Å². The zero-order valence-electron chi connectivity index (χ0n) is 18.2. The molecule has 0 saturated carbocycles. The number of nitro groups is 1. The number of rotatable bonds is 5. The number of esters is 1. The molecule has 0 radical (unpaired) electrons. The van der Waals surface area contributed by atoms with E-state index in [1.54, 1.807) is 48.5 Å². The maximum atomic E-state index is 12.8. The van der Waals surface area contributed by atoms with E-state index in [2.05, 4.69) is 0 Å². The fourth-order valence-electron chi connectivity index (χ4n) is 3.64. The molecule has 2 atom stereocenters. The summed E-state index contributed by atoms with van der Waals surface area (Å²) >= 11 is 0. The molecule has 2 aliphatic rings. The number of carbonyl (C=O) groups excluding carboxylic acids is 2. The number of carbonyl (C=O) groups is 2. The minimum Gasteiger partial charge on any atom is -0.458 e. The molecule has 0 aliphatic carbocycles. The van der Waals surface area contributed by atoms with Crippen molar-refractivity contribution in [2.75, 3.05) is 13.1 Å². The molecule has 0 aromatic heterocycles. The average Bonchev–Trinajstić information content (AvgIpc) is 2.81. The highest BCUT2D eigenvalue weighted by atomic mass is 16.9. The van der Waals surface area contributed by atoms with Crippen LogP contribution in [0.15, 0.2) is 0 Å². The highest BCUT2D eigenvalue weighted by Crippen LogP contribution is 2.43. The SMILES string of the molecule is CC1OC(CC2(C[N+](=O)[O-])C[C@@H](C(=O)OC(C)(C)C)N(C(=O)OC(C)(C)C)C2)O1. The van der Waals surface area contributed by atoms with Crippen molar-refractivity contribution in [3.8, 4) is 0 Å². The van der Waals surface area contributed by atoms with Crippen molar-refractivity contribution in [3.63, 3.8) is 0 Å². The molecule has 0 N–H and O–H groups in total. The molecule has 1 amide bonds. The Bertz CT molecular complexity index is 610. The predicted molar refractivity (Wildman–Crippen MR) is 102 cm³/mol. The summed E-state index contributed by atoms with van der Waals surface area (Å²) in [6, 6.07) is -0.985. The van der Waals surface area contributed by atoms with Crippen LogP contribution < -0.4 is 0 Å². The molecule has 2 saturated heterocycles. The van der Waals surface area contributed by atoms with Crippen molar-refractivity contribution in [3.05, 3.63) is 10.1 Å². The molecule has 2 aliphatic heterocycles. The summed E-state index contributed by atoms with van der Waals surface area (Å²) in [5.41, 5.74) is -2.53. The summed E-state index contributed by atoms with van der Waals surface area (Å²) in [5.74, 6) is -0.614. The van der Waals surface area contributed by atoms with Gasteiger partial charge in [-0.15, -0.1) is 0 Å². The van der Waals surface area contributed by atoms with E-state index in [9.17, 15) is 19.7 Å². The third-order valence-electron chi connectivity index (χ3n) is 4.57. The molecule has 29 heavy (non-hydrogen) atoms. The Balaban J connectivity index is 2.29. The van der Waals surface area contributed by atoms with Crippen LogP contribution in [0, 0.1) is 15.5 Å². The number of ether oxygens (including phenoxy) is 4. The van der Waals surface area contributed by atoms with E-state index in [0.29, 0.717) is 0 Å². The molecule has 10 nitrogen and oxygen atoms in total. The van der Waals surface area contributed by atoms with Crippen LogP contribution in [0.25, 0.3) is 0 Å². The standard InChI is InChI=1S/C19H32N2O8/c1-12-26-14(27-12)9-19(11-21(24)25)8-13(15(22)28-17(2,3)4)20(10-19)16(23)29-18(5,6)7/h12-14H,8-11H2,1-7H3/t12?,13-,14?,19?/m0/s1. The maximum Gasteiger partial charge on any atom is 0.411 e. The molecule has 0 aromatic rings. The average molecular weight is 416 g/mol. The van der Waals surface area contributed by atoms with Gasteiger partial charge in [0.1, 0.15) is 17.2 Å². The third-order valence-corrected chi connectivity index (χ3v) is 4.57. The van der Waals surface area contributed by atoms with Crippen molar-refractivity contribution < 1.29 is 33.5 Å². The second-order valence-corrected chi connectivity index (χ2v) is 9.83. The quantitative estimate of drug-likeness (QED) is 0.381. The van der Waals surface area contributed by atoms with Crippen LogP contribution in [0.2, 0.25) is 0 Å². The van der Waals surface area contributed by atoms with Gasteiger partial charge in [0.25, 0.3) is 0 Å². The summed E-state index contributed by atoms with van der Waals surface area (Å²) in [6.07, 6.45) is -1.43. The van der Waals surface area contributed by atoms with Gasteiger partial charge in [0.15, 0.2) is 12.6 Å². The number of amides is 1. The lowest BCUT2D eigenvalue weighted by Crippen LogP contribution is -2.47. The zero-order chi connectivity index (χ0) is 22.2. The summed E-state index contributed by atoms with van der Waals surface area (Å²) in [6.45, 7) is 11.6. The van der Waals surface area contributed by atoms with Crippen molar-refractivity contribution in [2.24, 2.45) is 5.41 Å². The predicted octanol–water partition coefficient (Wildman–Crippen LogP) is 2.71. The van der Waals surface area contributed by atoms with E-state index < -0.39 is 52.5 Å². The molecule has 166 valence electrons. The first-order valence-electron chi connectivity index (χ1n) is 9.74. The Hall–Kier alpha value is -1.94. The Morgan fingerprint density at radius 3 is 2.14 bits per heavy atom. The van der Waals surface area contributed by atoms with Crippen LogP contribution in [0.4, 0.5) is 4.79 Å². The topological polar surface area (TPSA) is 117 Å². The minimum atomic E-state index is -0.993. The Labute approximate surface area is 170 Å². The third kappa shape index (κ3) is 6.53. The molecule has 2 heterocycles. The Kier molecular flexibility index (Phi) is 6.49. The largest absolute Gasteiger partial charge is 0.458 e. The molecule has 2 rings (SSSR count). The normalized spacial score (nSPS) is 29.9. The van der Waals surface area contributed by atoms with Crippen LogP contribution in [-0.4, -0.2) is 64.8 Å². The van der Waals surface area contributed by atoms with E-state index in [0.717, 1.165) is 0 Å². The van der Waals surface area contributed by atoms with Crippen LogP contribution >= 0.6 is 0 Å². The molecule has 0 aromatic carbocycles.